The number of rotatable bonds is 5. The van der Waals surface area contributed by atoms with Crippen LogP contribution in [0.25, 0.3) is 0 Å². The Morgan fingerprint density at radius 3 is 2.80 bits per heavy atom. The third-order valence-corrected chi connectivity index (χ3v) is 2.61. The van der Waals surface area contributed by atoms with Crippen molar-refractivity contribution in [3.05, 3.63) is 0 Å². The van der Waals surface area contributed by atoms with Gasteiger partial charge in [-0.05, 0) is 25.2 Å². The molecule has 3 N–H and O–H groups in total. The molecule has 1 fully saturated rings. The van der Waals surface area contributed by atoms with Gasteiger partial charge in [0.15, 0.2) is 0 Å². The summed E-state index contributed by atoms with van der Waals surface area (Å²) in [4.78, 5) is 11.7. The number of carbonyl (C=O) groups is 1. The average molecular weight is 214 g/mol. The Morgan fingerprint density at radius 1 is 1.60 bits per heavy atom. The molecule has 0 saturated carbocycles. The van der Waals surface area contributed by atoms with E-state index < -0.39 is 0 Å². The summed E-state index contributed by atoms with van der Waals surface area (Å²) in [6.45, 7) is 5.45. The van der Waals surface area contributed by atoms with Gasteiger partial charge in [-0.25, -0.2) is 0 Å². The van der Waals surface area contributed by atoms with Gasteiger partial charge in [-0.2, -0.15) is 0 Å². The first-order chi connectivity index (χ1) is 7.13. The lowest BCUT2D eigenvalue weighted by Crippen LogP contribution is -2.45. The van der Waals surface area contributed by atoms with Crippen LogP contribution in [0.3, 0.4) is 0 Å². The minimum atomic E-state index is -0.244. The van der Waals surface area contributed by atoms with Crippen LogP contribution in [-0.2, 0) is 9.53 Å². The number of hydrogen-bond donors (Lipinski definition) is 2. The molecular formula is C11H22N2O2. The fourth-order valence-electron chi connectivity index (χ4n) is 1.86. The van der Waals surface area contributed by atoms with E-state index in [4.69, 9.17) is 10.5 Å². The van der Waals surface area contributed by atoms with Gasteiger partial charge >= 0.3 is 0 Å². The second-order valence-electron chi connectivity index (χ2n) is 4.57. The van der Waals surface area contributed by atoms with E-state index >= 15 is 0 Å². The molecule has 1 amide bonds. The summed E-state index contributed by atoms with van der Waals surface area (Å²) in [7, 11) is 0. The number of ether oxygens (including phenoxy) is 1. The van der Waals surface area contributed by atoms with Gasteiger partial charge in [0, 0.05) is 19.2 Å². The Morgan fingerprint density at radius 2 is 2.33 bits per heavy atom. The Hall–Kier alpha value is -0.610. The van der Waals surface area contributed by atoms with Crippen molar-refractivity contribution in [3.8, 4) is 0 Å². The Bertz CT molecular complexity index is 201. The van der Waals surface area contributed by atoms with Crippen LogP contribution in [0.1, 0.15) is 33.1 Å². The van der Waals surface area contributed by atoms with E-state index in [9.17, 15) is 4.79 Å². The zero-order valence-electron chi connectivity index (χ0n) is 9.66. The van der Waals surface area contributed by atoms with Crippen molar-refractivity contribution in [3.63, 3.8) is 0 Å². The highest BCUT2D eigenvalue weighted by atomic mass is 16.5. The predicted octanol–water partition coefficient (Wildman–Crippen LogP) is 0.655. The van der Waals surface area contributed by atoms with Gasteiger partial charge in [-0.1, -0.05) is 13.8 Å². The third-order valence-electron chi connectivity index (χ3n) is 2.61. The van der Waals surface area contributed by atoms with E-state index in [2.05, 4.69) is 19.2 Å². The molecule has 15 heavy (non-hydrogen) atoms. The number of hydrogen-bond acceptors (Lipinski definition) is 3. The summed E-state index contributed by atoms with van der Waals surface area (Å²) in [5.41, 5.74) is 5.61. The maximum absolute atomic E-state index is 11.7. The van der Waals surface area contributed by atoms with E-state index in [0.29, 0.717) is 19.1 Å². The van der Waals surface area contributed by atoms with Crippen LogP contribution in [0.15, 0.2) is 0 Å². The van der Waals surface area contributed by atoms with Gasteiger partial charge in [0.1, 0.15) is 6.10 Å². The number of nitrogens with one attached hydrogen (secondary N) is 1. The zero-order chi connectivity index (χ0) is 11.3. The van der Waals surface area contributed by atoms with Crippen molar-refractivity contribution < 1.29 is 9.53 Å². The molecule has 1 aliphatic heterocycles. The lowest BCUT2D eigenvalue weighted by molar-refractivity contribution is -0.130. The van der Waals surface area contributed by atoms with E-state index in [1.165, 1.54) is 0 Å². The van der Waals surface area contributed by atoms with Gasteiger partial charge in [0.05, 0.1) is 0 Å². The van der Waals surface area contributed by atoms with Crippen LogP contribution in [0.2, 0.25) is 0 Å². The topological polar surface area (TPSA) is 64.3 Å². The summed E-state index contributed by atoms with van der Waals surface area (Å²) in [6, 6.07) is 0.0849. The van der Waals surface area contributed by atoms with Crippen molar-refractivity contribution in [1.29, 1.82) is 0 Å². The maximum Gasteiger partial charge on any atom is 0.249 e. The van der Waals surface area contributed by atoms with Gasteiger partial charge < -0.3 is 15.8 Å². The minimum absolute atomic E-state index is 0.00333. The third kappa shape index (κ3) is 4.18. The highest BCUT2D eigenvalue weighted by Gasteiger charge is 2.25. The van der Waals surface area contributed by atoms with Crippen LogP contribution in [0, 0.1) is 5.92 Å². The molecule has 4 nitrogen and oxygen atoms in total. The Balaban J connectivity index is 2.33. The van der Waals surface area contributed by atoms with Gasteiger partial charge in [0.2, 0.25) is 5.91 Å². The largest absolute Gasteiger partial charge is 0.368 e. The van der Waals surface area contributed by atoms with Crippen LogP contribution in [0.4, 0.5) is 0 Å². The number of amides is 1. The van der Waals surface area contributed by atoms with Gasteiger partial charge in [-0.3, -0.25) is 4.79 Å². The molecule has 0 aromatic rings. The highest BCUT2D eigenvalue weighted by Crippen LogP contribution is 2.12. The first kappa shape index (κ1) is 12.5. The maximum atomic E-state index is 11.7. The van der Waals surface area contributed by atoms with Crippen LogP contribution < -0.4 is 11.1 Å². The monoisotopic (exact) mass is 214 g/mol. The summed E-state index contributed by atoms with van der Waals surface area (Å²) in [6.07, 6.45) is 2.50. The fourth-order valence-corrected chi connectivity index (χ4v) is 1.86. The Kier molecular flexibility index (Phi) is 5.05. The van der Waals surface area contributed by atoms with Gasteiger partial charge in [0.25, 0.3) is 0 Å². The lowest BCUT2D eigenvalue weighted by Gasteiger charge is -2.20. The molecule has 88 valence electrons. The molecule has 2 atom stereocenters. The molecule has 0 aliphatic carbocycles. The number of nitrogens with two attached hydrogens (primary N) is 1. The Labute approximate surface area is 91.5 Å². The average Bonchev–Trinajstić information content (AvgIpc) is 2.68. The normalized spacial score (nSPS) is 23.1. The van der Waals surface area contributed by atoms with Crippen LogP contribution in [0.5, 0.6) is 0 Å². The smallest absolute Gasteiger partial charge is 0.249 e. The van der Waals surface area contributed by atoms with Crippen LogP contribution >= 0.6 is 0 Å². The van der Waals surface area contributed by atoms with E-state index in [0.717, 1.165) is 19.3 Å². The molecule has 1 heterocycles. The molecule has 0 aromatic carbocycles. The lowest BCUT2D eigenvalue weighted by atomic mass is 10.0. The molecular weight excluding hydrogens is 192 g/mol. The predicted molar refractivity (Wildman–Crippen MR) is 59.4 cm³/mol. The zero-order valence-corrected chi connectivity index (χ0v) is 9.66. The molecule has 1 rings (SSSR count). The summed E-state index contributed by atoms with van der Waals surface area (Å²) in [5, 5.41) is 2.95. The highest BCUT2D eigenvalue weighted by molar-refractivity contribution is 5.81. The molecule has 4 heteroatoms. The SMILES string of the molecule is CC(C)CC(CN)NC(=O)C1CCCO1. The molecule has 0 radical (unpaired) electrons. The minimum Gasteiger partial charge on any atom is -0.368 e. The summed E-state index contributed by atoms with van der Waals surface area (Å²) < 4.78 is 5.31. The molecule has 2 unspecified atom stereocenters. The number of carbonyl (C=O) groups excluding carboxylic acids is 1. The van der Waals surface area contributed by atoms with E-state index in [1.807, 2.05) is 0 Å². The molecule has 0 spiro atoms. The summed E-state index contributed by atoms with van der Waals surface area (Å²) in [5.74, 6) is 0.548. The van der Waals surface area contributed by atoms with E-state index in [-0.39, 0.29) is 18.1 Å². The first-order valence-corrected chi connectivity index (χ1v) is 5.75. The molecule has 0 aromatic heterocycles. The second kappa shape index (κ2) is 6.08. The van der Waals surface area contributed by atoms with Crippen molar-refractivity contribution in [1.82, 2.24) is 5.32 Å². The van der Waals surface area contributed by atoms with E-state index in [1.54, 1.807) is 0 Å². The van der Waals surface area contributed by atoms with Crippen molar-refractivity contribution in [2.75, 3.05) is 13.2 Å². The van der Waals surface area contributed by atoms with Crippen molar-refractivity contribution in [2.24, 2.45) is 11.7 Å². The standard InChI is InChI=1S/C11H22N2O2/c1-8(2)6-9(7-12)13-11(14)10-4-3-5-15-10/h8-10H,3-7,12H2,1-2H3,(H,13,14). The van der Waals surface area contributed by atoms with Gasteiger partial charge in [-0.15, -0.1) is 0 Å². The van der Waals surface area contributed by atoms with Crippen LogP contribution in [-0.4, -0.2) is 31.2 Å². The quantitative estimate of drug-likeness (QED) is 0.706. The summed E-state index contributed by atoms with van der Waals surface area (Å²) >= 11 is 0. The molecule has 1 saturated heterocycles. The molecule has 0 bridgehead atoms. The fraction of sp³-hybridized carbons (Fsp3) is 0.909. The van der Waals surface area contributed by atoms with Crippen molar-refractivity contribution in [2.45, 2.75) is 45.3 Å². The first-order valence-electron chi connectivity index (χ1n) is 5.75. The molecule has 1 aliphatic rings. The second-order valence-corrected chi connectivity index (χ2v) is 4.57. The van der Waals surface area contributed by atoms with Crippen molar-refractivity contribution >= 4 is 5.91 Å².